The molecule has 0 aliphatic rings. The molecule has 3 aromatic rings. The summed E-state index contributed by atoms with van der Waals surface area (Å²) in [5.74, 6) is 0. The van der Waals surface area contributed by atoms with Crippen molar-refractivity contribution in [2.45, 2.75) is 0 Å². The second kappa shape index (κ2) is 6.97. The van der Waals surface area contributed by atoms with Gasteiger partial charge in [0.25, 0.3) is 0 Å². The van der Waals surface area contributed by atoms with Crippen molar-refractivity contribution in [2.75, 3.05) is 0 Å². The SMILES string of the molecule is c1ccc(-c2ccccc2)cc1.c1cnccn1. The summed E-state index contributed by atoms with van der Waals surface area (Å²) >= 11 is 0. The highest BCUT2D eigenvalue weighted by atomic mass is 14.7. The van der Waals surface area contributed by atoms with E-state index >= 15 is 0 Å². The predicted octanol–water partition coefficient (Wildman–Crippen LogP) is 3.83. The van der Waals surface area contributed by atoms with Crippen LogP contribution in [0.3, 0.4) is 0 Å². The molecule has 1 aromatic heterocycles. The maximum absolute atomic E-state index is 3.72. The quantitative estimate of drug-likeness (QED) is 0.639. The van der Waals surface area contributed by atoms with E-state index in [1.54, 1.807) is 24.8 Å². The van der Waals surface area contributed by atoms with Gasteiger partial charge in [0.2, 0.25) is 0 Å². The number of rotatable bonds is 1. The molecule has 0 spiro atoms. The summed E-state index contributed by atoms with van der Waals surface area (Å²) in [6.07, 6.45) is 6.56. The van der Waals surface area contributed by atoms with Crippen LogP contribution in [-0.2, 0) is 0 Å². The zero-order valence-electron chi connectivity index (χ0n) is 9.98. The van der Waals surface area contributed by atoms with Crippen LogP contribution in [0.4, 0.5) is 0 Å². The number of aromatic nitrogens is 2. The zero-order valence-corrected chi connectivity index (χ0v) is 9.98. The Labute approximate surface area is 107 Å². The van der Waals surface area contributed by atoms with Gasteiger partial charge >= 0.3 is 0 Å². The minimum atomic E-state index is 1.28. The summed E-state index contributed by atoms with van der Waals surface area (Å²) in [6.45, 7) is 0. The third-order valence-corrected chi connectivity index (χ3v) is 2.36. The zero-order chi connectivity index (χ0) is 12.5. The molecule has 0 saturated carbocycles. The largest absolute Gasteiger partial charge is 0.262 e. The molecule has 0 saturated heterocycles. The van der Waals surface area contributed by atoms with Gasteiger partial charge < -0.3 is 0 Å². The Balaban J connectivity index is 0.000000169. The molecule has 2 nitrogen and oxygen atoms in total. The second-order valence-corrected chi connectivity index (χ2v) is 3.63. The molecule has 0 atom stereocenters. The maximum Gasteiger partial charge on any atom is 0.0451 e. The Morgan fingerprint density at radius 3 is 1.06 bits per heavy atom. The van der Waals surface area contributed by atoms with Crippen LogP contribution in [0.2, 0.25) is 0 Å². The molecule has 2 aromatic carbocycles. The minimum Gasteiger partial charge on any atom is -0.262 e. The molecule has 1 heterocycles. The standard InChI is InChI=1S/C12H10.C4H4N2/c1-3-7-11(8-4-1)12-9-5-2-6-10-12;1-2-6-4-3-5-1/h1-10H;1-4H. The van der Waals surface area contributed by atoms with E-state index in [-0.39, 0.29) is 0 Å². The Hall–Kier alpha value is -2.48. The van der Waals surface area contributed by atoms with Crippen molar-refractivity contribution in [2.24, 2.45) is 0 Å². The summed E-state index contributed by atoms with van der Waals surface area (Å²) in [7, 11) is 0. The first-order valence-corrected chi connectivity index (χ1v) is 5.77. The molecule has 0 unspecified atom stereocenters. The van der Waals surface area contributed by atoms with E-state index in [0.717, 1.165) is 0 Å². The number of nitrogens with zero attached hydrogens (tertiary/aromatic N) is 2. The van der Waals surface area contributed by atoms with E-state index < -0.39 is 0 Å². The molecule has 18 heavy (non-hydrogen) atoms. The molecule has 88 valence electrons. The molecule has 0 bridgehead atoms. The fourth-order valence-corrected chi connectivity index (χ4v) is 1.51. The molecule has 0 aliphatic heterocycles. The van der Waals surface area contributed by atoms with E-state index in [1.807, 2.05) is 12.1 Å². The fourth-order valence-electron chi connectivity index (χ4n) is 1.51. The Morgan fingerprint density at radius 2 is 0.778 bits per heavy atom. The van der Waals surface area contributed by atoms with Crippen molar-refractivity contribution in [1.82, 2.24) is 9.97 Å². The summed E-state index contributed by atoms with van der Waals surface area (Å²) in [4.78, 5) is 7.44. The maximum atomic E-state index is 3.72. The lowest BCUT2D eigenvalue weighted by atomic mass is 10.1. The van der Waals surface area contributed by atoms with Gasteiger partial charge in [0, 0.05) is 24.8 Å². The monoisotopic (exact) mass is 234 g/mol. The first kappa shape index (κ1) is 12.0. The van der Waals surface area contributed by atoms with Crippen LogP contribution >= 0.6 is 0 Å². The van der Waals surface area contributed by atoms with Gasteiger partial charge in [-0.05, 0) is 11.1 Å². The lowest BCUT2D eigenvalue weighted by Gasteiger charge is -1.98. The summed E-state index contributed by atoms with van der Waals surface area (Å²) < 4.78 is 0. The third-order valence-electron chi connectivity index (χ3n) is 2.36. The van der Waals surface area contributed by atoms with Crippen LogP contribution in [0.15, 0.2) is 85.5 Å². The van der Waals surface area contributed by atoms with E-state index in [0.29, 0.717) is 0 Å². The van der Waals surface area contributed by atoms with Gasteiger partial charge in [0.1, 0.15) is 0 Å². The number of benzene rings is 2. The van der Waals surface area contributed by atoms with Crippen LogP contribution < -0.4 is 0 Å². The minimum absolute atomic E-state index is 1.28. The topological polar surface area (TPSA) is 25.8 Å². The second-order valence-electron chi connectivity index (χ2n) is 3.63. The first-order chi connectivity index (χ1) is 8.97. The molecule has 0 radical (unpaired) electrons. The first-order valence-electron chi connectivity index (χ1n) is 5.77. The van der Waals surface area contributed by atoms with Gasteiger partial charge in [-0.15, -0.1) is 0 Å². The third kappa shape index (κ3) is 3.83. The van der Waals surface area contributed by atoms with Gasteiger partial charge in [0.05, 0.1) is 0 Å². The van der Waals surface area contributed by atoms with Crippen molar-refractivity contribution in [3.8, 4) is 11.1 Å². The highest BCUT2D eigenvalue weighted by molar-refractivity contribution is 5.62. The molecular weight excluding hydrogens is 220 g/mol. The Bertz CT molecular complexity index is 472. The van der Waals surface area contributed by atoms with Crippen LogP contribution in [-0.4, -0.2) is 9.97 Å². The summed E-state index contributed by atoms with van der Waals surface area (Å²) in [6, 6.07) is 20.8. The van der Waals surface area contributed by atoms with E-state index in [1.165, 1.54) is 11.1 Å². The summed E-state index contributed by atoms with van der Waals surface area (Å²) in [5.41, 5.74) is 2.55. The van der Waals surface area contributed by atoms with Gasteiger partial charge in [-0.2, -0.15) is 0 Å². The van der Waals surface area contributed by atoms with E-state index in [4.69, 9.17) is 0 Å². The highest BCUT2D eigenvalue weighted by Crippen LogP contribution is 2.17. The van der Waals surface area contributed by atoms with Crippen molar-refractivity contribution in [3.05, 3.63) is 85.5 Å². The number of hydrogen-bond acceptors (Lipinski definition) is 2. The van der Waals surface area contributed by atoms with Crippen molar-refractivity contribution in [3.63, 3.8) is 0 Å². The lowest BCUT2D eigenvalue weighted by molar-refractivity contribution is 1.20. The van der Waals surface area contributed by atoms with Crippen LogP contribution in [0.25, 0.3) is 11.1 Å². The average molecular weight is 234 g/mol. The molecule has 3 rings (SSSR count). The summed E-state index contributed by atoms with van der Waals surface area (Å²) in [5, 5.41) is 0. The molecule has 2 heteroatoms. The van der Waals surface area contributed by atoms with Gasteiger partial charge in [0.15, 0.2) is 0 Å². The van der Waals surface area contributed by atoms with Crippen LogP contribution in [0.1, 0.15) is 0 Å². The molecule has 0 N–H and O–H groups in total. The van der Waals surface area contributed by atoms with Crippen LogP contribution in [0, 0.1) is 0 Å². The Morgan fingerprint density at radius 1 is 0.444 bits per heavy atom. The van der Waals surface area contributed by atoms with Gasteiger partial charge in [-0.1, -0.05) is 60.7 Å². The highest BCUT2D eigenvalue weighted by Gasteiger charge is 1.91. The average Bonchev–Trinajstić information content (AvgIpc) is 2.51. The smallest absolute Gasteiger partial charge is 0.0451 e. The van der Waals surface area contributed by atoms with Crippen molar-refractivity contribution < 1.29 is 0 Å². The normalized spacial score (nSPS) is 9.11. The predicted molar refractivity (Wildman–Crippen MR) is 73.9 cm³/mol. The van der Waals surface area contributed by atoms with Crippen LogP contribution in [0.5, 0.6) is 0 Å². The molecular formula is C16H14N2. The van der Waals surface area contributed by atoms with Crippen molar-refractivity contribution >= 4 is 0 Å². The lowest BCUT2D eigenvalue weighted by Crippen LogP contribution is -1.73. The number of hydrogen-bond donors (Lipinski definition) is 0. The van der Waals surface area contributed by atoms with Gasteiger partial charge in [-0.3, -0.25) is 9.97 Å². The van der Waals surface area contributed by atoms with E-state index in [2.05, 4.69) is 58.5 Å². The molecule has 0 fully saturated rings. The fraction of sp³-hybridized carbons (Fsp3) is 0. The molecule has 0 aliphatic carbocycles. The van der Waals surface area contributed by atoms with Gasteiger partial charge in [-0.25, -0.2) is 0 Å². The molecule has 0 amide bonds. The van der Waals surface area contributed by atoms with E-state index in [9.17, 15) is 0 Å². The van der Waals surface area contributed by atoms with Crippen molar-refractivity contribution in [1.29, 1.82) is 0 Å². The Kier molecular flexibility index (Phi) is 4.64.